The number of hydrogen-bond acceptors (Lipinski definition) is 6. The summed E-state index contributed by atoms with van der Waals surface area (Å²) in [5, 5.41) is 2.98. The van der Waals surface area contributed by atoms with Crippen LogP contribution in [0.3, 0.4) is 0 Å². The third-order valence-corrected chi connectivity index (χ3v) is 8.66. The minimum Gasteiger partial charge on any atom is -0.494 e. The maximum atomic E-state index is 14.1. The molecule has 2 heterocycles. The molecular formula is C31H27BrIN3O4S. The molecular weight excluding hydrogens is 717 g/mol. The smallest absolute Gasteiger partial charge is 0.271 e. The molecule has 0 radical (unpaired) electrons. The van der Waals surface area contributed by atoms with Gasteiger partial charge in [0.05, 0.1) is 38.6 Å². The summed E-state index contributed by atoms with van der Waals surface area (Å²) >= 11 is 7.08. The first-order valence-corrected chi connectivity index (χ1v) is 15.7. The molecule has 1 aliphatic rings. The van der Waals surface area contributed by atoms with Gasteiger partial charge in [-0.15, -0.1) is 0 Å². The van der Waals surface area contributed by atoms with E-state index in [1.807, 2.05) is 93.6 Å². The Kier molecular flexibility index (Phi) is 9.10. The molecule has 1 atom stereocenters. The van der Waals surface area contributed by atoms with Crippen LogP contribution in [0, 0.1) is 3.57 Å². The van der Waals surface area contributed by atoms with E-state index >= 15 is 0 Å². The van der Waals surface area contributed by atoms with Crippen LogP contribution >= 0.6 is 49.9 Å². The van der Waals surface area contributed by atoms with E-state index in [1.165, 1.54) is 11.3 Å². The van der Waals surface area contributed by atoms with E-state index in [4.69, 9.17) is 14.5 Å². The van der Waals surface area contributed by atoms with Crippen molar-refractivity contribution in [3.8, 4) is 11.5 Å². The maximum Gasteiger partial charge on any atom is 0.271 e. The van der Waals surface area contributed by atoms with Gasteiger partial charge in [-0.3, -0.25) is 14.2 Å². The Morgan fingerprint density at radius 2 is 1.80 bits per heavy atom. The zero-order chi connectivity index (χ0) is 29.1. The Hall–Kier alpha value is -3.22. The van der Waals surface area contributed by atoms with Crippen molar-refractivity contribution in [2.45, 2.75) is 26.8 Å². The summed E-state index contributed by atoms with van der Waals surface area (Å²) in [4.78, 5) is 33.1. The van der Waals surface area contributed by atoms with E-state index in [9.17, 15) is 9.59 Å². The van der Waals surface area contributed by atoms with Gasteiger partial charge in [0.2, 0.25) is 0 Å². The van der Waals surface area contributed by atoms with Crippen molar-refractivity contribution in [2.75, 3.05) is 18.5 Å². The molecule has 1 amide bonds. The highest BCUT2D eigenvalue weighted by Crippen LogP contribution is 2.33. The first-order valence-electron chi connectivity index (χ1n) is 13.0. The number of nitrogens with one attached hydrogen (secondary N) is 1. The normalized spacial score (nSPS) is 14.9. The molecule has 1 N–H and O–H groups in total. The number of benzene rings is 3. The highest BCUT2D eigenvalue weighted by atomic mass is 127. The molecule has 0 fully saturated rings. The van der Waals surface area contributed by atoms with Crippen LogP contribution in [-0.2, 0) is 4.79 Å². The molecule has 10 heteroatoms. The predicted octanol–water partition coefficient (Wildman–Crippen LogP) is 6.04. The van der Waals surface area contributed by atoms with Gasteiger partial charge in [0.15, 0.2) is 4.80 Å². The minimum absolute atomic E-state index is 0.234. The lowest BCUT2D eigenvalue weighted by atomic mass is 9.95. The maximum absolute atomic E-state index is 14.1. The molecule has 0 saturated heterocycles. The number of rotatable bonds is 8. The van der Waals surface area contributed by atoms with Gasteiger partial charge in [-0.05, 0) is 91.4 Å². The topological polar surface area (TPSA) is 81.9 Å². The van der Waals surface area contributed by atoms with E-state index in [1.54, 1.807) is 4.57 Å². The van der Waals surface area contributed by atoms with Crippen molar-refractivity contribution < 1.29 is 14.3 Å². The fraction of sp³-hybridized carbons (Fsp3) is 0.194. The minimum atomic E-state index is -0.679. The number of halogens is 2. The summed E-state index contributed by atoms with van der Waals surface area (Å²) in [7, 11) is 0. The zero-order valence-corrected chi connectivity index (χ0v) is 27.2. The van der Waals surface area contributed by atoms with Crippen LogP contribution in [0.5, 0.6) is 11.5 Å². The average molecular weight is 744 g/mol. The lowest BCUT2D eigenvalue weighted by Crippen LogP contribution is -2.40. The molecule has 0 bridgehead atoms. The van der Waals surface area contributed by atoms with Gasteiger partial charge >= 0.3 is 0 Å². The first-order chi connectivity index (χ1) is 19.8. The molecule has 41 heavy (non-hydrogen) atoms. The van der Waals surface area contributed by atoms with Gasteiger partial charge in [-0.25, -0.2) is 4.99 Å². The molecule has 0 unspecified atom stereocenters. The Morgan fingerprint density at radius 1 is 1.10 bits per heavy atom. The highest BCUT2D eigenvalue weighted by molar-refractivity contribution is 14.1. The Balaban J connectivity index is 1.68. The number of hydrogen-bond donors (Lipinski definition) is 1. The fourth-order valence-corrected chi connectivity index (χ4v) is 7.43. The summed E-state index contributed by atoms with van der Waals surface area (Å²) in [5.74, 6) is 1.11. The first kappa shape index (κ1) is 29.3. The number of para-hydroxylation sites is 1. The quantitative estimate of drug-likeness (QED) is 0.224. The molecule has 1 aliphatic heterocycles. The average Bonchev–Trinajstić information content (AvgIpc) is 3.25. The molecule has 1 aromatic heterocycles. The van der Waals surface area contributed by atoms with Crippen molar-refractivity contribution in [1.82, 2.24) is 4.57 Å². The lowest BCUT2D eigenvalue weighted by Gasteiger charge is -2.25. The third kappa shape index (κ3) is 6.19. The number of ether oxygens (including phenoxy) is 2. The van der Waals surface area contributed by atoms with Crippen LogP contribution in [0.1, 0.15) is 37.9 Å². The number of thiazole rings is 1. The largest absolute Gasteiger partial charge is 0.494 e. The summed E-state index contributed by atoms with van der Waals surface area (Å²) in [5.41, 5.74) is 2.95. The summed E-state index contributed by atoms with van der Waals surface area (Å²) in [6, 6.07) is 20.0. The molecule has 3 aromatic carbocycles. The van der Waals surface area contributed by atoms with Crippen LogP contribution in [-0.4, -0.2) is 23.7 Å². The zero-order valence-electron chi connectivity index (χ0n) is 22.6. The number of fused-ring (bicyclic) bond motifs is 1. The van der Waals surface area contributed by atoms with Gasteiger partial charge < -0.3 is 14.8 Å². The van der Waals surface area contributed by atoms with Crippen molar-refractivity contribution >= 4 is 67.5 Å². The van der Waals surface area contributed by atoms with Crippen molar-refractivity contribution in [2.24, 2.45) is 4.99 Å². The molecule has 0 saturated carbocycles. The Labute approximate surface area is 263 Å². The second kappa shape index (κ2) is 12.7. The second-order valence-electron chi connectivity index (χ2n) is 9.14. The van der Waals surface area contributed by atoms with E-state index in [0.29, 0.717) is 51.0 Å². The molecule has 0 aliphatic carbocycles. The van der Waals surface area contributed by atoms with Crippen LogP contribution in [0.2, 0.25) is 0 Å². The van der Waals surface area contributed by atoms with Crippen LogP contribution in [0.15, 0.2) is 92.3 Å². The number of carbonyl (C=O) groups excluding carboxylic acids is 1. The third-order valence-electron chi connectivity index (χ3n) is 6.42. The van der Waals surface area contributed by atoms with Gasteiger partial charge in [-0.1, -0.05) is 57.6 Å². The predicted molar refractivity (Wildman–Crippen MR) is 174 cm³/mol. The number of anilines is 1. The molecule has 0 spiro atoms. The molecule has 4 aromatic rings. The van der Waals surface area contributed by atoms with E-state index < -0.39 is 6.04 Å². The summed E-state index contributed by atoms with van der Waals surface area (Å²) < 4.78 is 15.5. The monoisotopic (exact) mass is 743 g/mol. The number of carbonyl (C=O) groups is 1. The van der Waals surface area contributed by atoms with Crippen molar-refractivity contribution in [3.63, 3.8) is 0 Å². The number of aromatic nitrogens is 1. The van der Waals surface area contributed by atoms with Crippen molar-refractivity contribution in [1.29, 1.82) is 0 Å². The molecule has 7 nitrogen and oxygen atoms in total. The highest BCUT2D eigenvalue weighted by Gasteiger charge is 2.32. The van der Waals surface area contributed by atoms with Crippen LogP contribution in [0.4, 0.5) is 5.69 Å². The number of nitrogens with zero attached hydrogens (tertiary/aromatic N) is 2. The Bertz CT molecular complexity index is 1820. The Morgan fingerprint density at radius 3 is 2.49 bits per heavy atom. The van der Waals surface area contributed by atoms with Gasteiger partial charge in [0, 0.05) is 15.7 Å². The fourth-order valence-electron chi connectivity index (χ4n) is 4.69. The van der Waals surface area contributed by atoms with Crippen molar-refractivity contribution in [3.05, 3.63) is 117 Å². The van der Waals surface area contributed by atoms with E-state index in [0.717, 1.165) is 19.2 Å². The van der Waals surface area contributed by atoms with Crippen LogP contribution < -0.4 is 29.7 Å². The van der Waals surface area contributed by atoms with Gasteiger partial charge in [-0.2, -0.15) is 0 Å². The summed E-state index contributed by atoms with van der Waals surface area (Å²) in [6.45, 7) is 6.69. The standard InChI is InChI=1S/C31H27BrIN3O4S/c1-4-39-23-13-11-19(12-14-23)27-26(29(37)35-22-9-7-6-8-10-22)18(3)34-31-36(27)30(38)25(41-31)16-20-15-21(32)17-24(33)28(20)40-5-2/h6-17,27H,4-5H2,1-3H3,(H,35,37)/b25-16-/t27-/m0/s1. The number of allylic oxidation sites excluding steroid dienone is 1. The van der Waals surface area contributed by atoms with E-state index in [2.05, 4.69) is 43.8 Å². The summed E-state index contributed by atoms with van der Waals surface area (Å²) in [6.07, 6.45) is 1.83. The van der Waals surface area contributed by atoms with E-state index in [-0.39, 0.29) is 11.5 Å². The SMILES string of the molecule is CCOc1ccc([C@H]2C(C(=O)Nc3ccccc3)=C(C)N=c3s/c(=C\c4cc(Br)cc(I)c4OCC)c(=O)n32)cc1. The molecule has 5 rings (SSSR count). The van der Waals surface area contributed by atoms with Gasteiger partial charge in [0.1, 0.15) is 11.5 Å². The van der Waals surface area contributed by atoms with Crippen LogP contribution in [0.25, 0.3) is 6.08 Å². The second-order valence-corrected chi connectivity index (χ2v) is 12.2. The lowest BCUT2D eigenvalue weighted by molar-refractivity contribution is -0.113. The molecule has 210 valence electrons. The van der Waals surface area contributed by atoms with Gasteiger partial charge in [0.25, 0.3) is 11.5 Å². The number of amides is 1.